The highest BCUT2D eigenvalue weighted by Crippen LogP contribution is 2.31. The molecule has 1 rings (SSSR count). The Balaban J connectivity index is 2.09. The fraction of sp³-hybridized carbons (Fsp3) is 1.00. The van der Waals surface area contributed by atoms with Gasteiger partial charge in [0.05, 0.1) is 19.8 Å². The van der Waals surface area contributed by atoms with E-state index in [0.717, 1.165) is 26.4 Å². The summed E-state index contributed by atoms with van der Waals surface area (Å²) in [6.45, 7) is 13.0. The fourth-order valence-electron chi connectivity index (χ4n) is 1.45. The van der Waals surface area contributed by atoms with Crippen LogP contribution in [0, 0.1) is 5.41 Å². The zero-order valence-corrected chi connectivity index (χ0v) is 11.1. The van der Waals surface area contributed by atoms with Crippen molar-refractivity contribution in [3.8, 4) is 0 Å². The molecule has 0 unspecified atom stereocenters. The minimum Gasteiger partial charge on any atom is -0.381 e. The van der Waals surface area contributed by atoms with Crippen LogP contribution < -0.4 is 0 Å². The first-order valence-corrected chi connectivity index (χ1v) is 9.34. The highest BCUT2D eigenvalue weighted by Gasteiger charge is 2.36. The molecule has 0 amide bonds. The quantitative estimate of drug-likeness (QED) is 0.502. The molecule has 0 bridgehead atoms. The number of hydrogen-bond acceptors (Lipinski definition) is 2. The van der Waals surface area contributed by atoms with Crippen molar-refractivity contribution in [1.29, 1.82) is 0 Å². The monoisotopic (exact) mass is 216 g/mol. The molecule has 1 fully saturated rings. The summed E-state index contributed by atoms with van der Waals surface area (Å²) in [7, 11) is -0.912. The van der Waals surface area contributed by atoms with Crippen molar-refractivity contribution in [2.24, 2.45) is 5.41 Å². The Morgan fingerprint density at radius 1 is 1.29 bits per heavy atom. The summed E-state index contributed by atoms with van der Waals surface area (Å²) in [5.41, 5.74) is 0.361. The predicted octanol–water partition coefficient (Wildman–Crippen LogP) is 2.77. The Kier molecular flexibility index (Phi) is 4.16. The summed E-state index contributed by atoms with van der Waals surface area (Å²) in [4.78, 5) is 0. The molecule has 0 aromatic heterocycles. The highest BCUT2D eigenvalue weighted by atomic mass is 28.3. The van der Waals surface area contributed by atoms with Crippen LogP contribution in [0.5, 0.6) is 0 Å². The standard InChI is InChI=1S/C11H24O2Si/c1-5-11(9-13-10-11)8-12-6-7-14(2,3)4/h5-10H2,1-4H3. The van der Waals surface area contributed by atoms with E-state index < -0.39 is 8.07 Å². The van der Waals surface area contributed by atoms with Crippen molar-refractivity contribution < 1.29 is 9.47 Å². The molecule has 1 heterocycles. The van der Waals surface area contributed by atoms with E-state index in [4.69, 9.17) is 9.47 Å². The molecule has 0 N–H and O–H groups in total. The van der Waals surface area contributed by atoms with E-state index in [1.165, 1.54) is 12.5 Å². The summed E-state index contributed by atoms with van der Waals surface area (Å²) < 4.78 is 11.0. The summed E-state index contributed by atoms with van der Waals surface area (Å²) in [5, 5.41) is 0. The first-order valence-electron chi connectivity index (χ1n) is 5.63. The van der Waals surface area contributed by atoms with Crippen LogP contribution in [-0.4, -0.2) is 34.5 Å². The van der Waals surface area contributed by atoms with Crippen LogP contribution in [0.25, 0.3) is 0 Å². The molecule has 0 atom stereocenters. The first kappa shape index (κ1) is 12.2. The normalized spacial score (nSPS) is 20.6. The topological polar surface area (TPSA) is 18.5 Å². The van der Waals surface area contributed by atoms with Crippen molar-refractivity contribution in [1.82, 2.24) is 0 Å². The molecular formula is C11H24O2Si. The van der Waals surface area contributed by atoms with Gasteiger partial charge in [-0.25, -0.2) is 0 Å². The van der Waals surface area contributed by atoms with Gasteiger partial charge in [0.25, 0.3) is 0 Å². The SMILES string of the molecule is CCC1(COCC[Si](C)(C)C)COC1. The largest absolute Gasteiger partial charge is 0.381 e. The maximum Gasteiger partial charge on any atom is 0.0566 e. The van der Waals surface area contributed by atoms with Crippen molar-refractivity contribution in [2.45, 2.75) is 39.0 Å². The molecule has 0 spiro atoms. The average Bonchev–Trinajstić information content (AvgIpc) is 2.00. The maximum atomic E-state index is 5.76. The second-order valence-corrected chi connectivity index (χ2v) is 11.3. The van der Waals surface area contributed by atoms with Crippen LogP contribution >= 0.6 is 0 Å². The van der Waals surface area contributed by atoms with Gasteiger partial charge in [0.1, 0.15) is 0 Å². The van der Waals surface area contributed by atoms with E-state index in [0.29, 0.717) is 5.41 Å². The van der Waals surface area contributed by atoms with Crippen LogP contribution in [0.15, 0.2) is 0 Å². The molecule has 84 valence electrons. The molecule has 0 aromatic carbocycles. The van der Waals surface area contributed by atoms with Crippen LogP contribution in [0.4, 0.5) is 0 Å². The van der Waals surface area contributed by atoms with Gasteiger partial charge in [-0.3, -0.25) is 0 Å². The van der Waals surface area contributed by atoms with Crippen LogP contribution in [0.3, 0.4) is 0 Å². The van der Waals surface area contributed by atoms with Gasteiger partial charge in [0.2, 0.25) is 0 Å². The molecule has 3 heteroatoms. The van der Waals surface area contributed by atoms with Gasteiger partial charge in [-0.05, 0) is 12.5 Å². The highest BCUT2D eigenvalue weighted by molar-refractivity contribution is 6.76. The van der Waals surface area contributed by atoms with E-state index in [2.05, 4.69) is 26.6 Å². The predicted molar refractivity (Wildman–Crippen MR) is 62.5 cm³/mol. The maximum absolute atomic E-state index is 5.76. The summed E-state index contributed by atoms with van der Waals surface area (Å²) in [5.74, 6) is 0. The number of hydrogen-bond donors (Lipinski definition) is 0. The van der Waals surface area contributed by atoms with E-state index in [1.54, 1.807) is 0 Å². The second-order valence-electron chi connectivity index (χ2n) is 5.71. The van der Waals surface area contributed by atoms with Crippen molar-refractivity contribution in [3.63, 3.8) is 0 Å². The third-order valence-corrected chi connectivity index (χ3v) is 4.68. The Hall–Kier alpha value is 0.137. The molecule has 1 aliphatic heterocycles. The van der Waals surface area contributed by atoms with E-state index in [-0.39, 0.29) is 0 Å². The lowest BCUT2D eigenvalue weighted by Crippen LogP contribution is -2.45. The first-order chi connectivity index (χ1) is 6.47. The fourth-order valence-corrected chi connectivity index (χ4v) is 2.20. The molecule has 1 saturated heterocycles. The van der Waals surface area contributed by atoms with E-state index in [1.807, 2.05) is 0 Å². The number of rotatable bonds is 6. The van der Waals surface area contributed by atoms with Crippen LogP contribution in [0.2, 0.25) is 25.7 Å². The lowest BCUT2D eigenvalue weighted by Gasteiger charge is -2.40. The zero-order valence-electron chi connectivity index (χ0n) is 10.1. The van der Waals surface area contributed by atoms with Crippen LogP contribution in [0.1, 0.15) is 13.3 Å². The van der Waals surface area contributed by atoms with Gasteiger partial charge in [-0.2, -0.15) is 0 Å². The van der Waals surface area contributed by atoms with Gasteiger partial charge < -0.3 is 9.47 Å². The molecule has 0 saturated carbocycles. The molecular weight excluding hydrogens is 192 g/mol. The summed E-state index contributed by atoms with van der Waals surface area (Å²) >= 11 is 0. The lowest BCUT2D eigenvalue weighted by molar-refractivity contribution is -0.149. The van der Waals surface area contributed by atoms with Gasteiger partial charge in [-0.15, -0.1) is 0 Å². The van der Waals surface area contributed by atoms with Crippen molar-refractivity contribution >= 4 is 8.07 Å². The molecule has 14 heavy (non-hydrogen) atoms. The Labute approximate surface area is 89.0 Å². The van der Waals surface area contributed by atoms with Gasteiger partial charge in [0.15, 0.2) is 0 Å². The summed E-state index contributed by atoms with van der Waals surface area (Å²) in [6, 6.07) is 1.27. The van der Waals surface area contributed by atoms with E-state index in [9.17, 15) is 0 Å². The molecule has 0 aliphatic carbocycles. The Morgan fingerprint density at radius 2 is 1.93 bits per heavy atom. The third kappa shape index (κ3) is 3.71. The van der Waals surface area contributed by atoms with Gasteiger partial charge >= 0.3 is 0 Å². The Morgan fingerprint density at radius 3 is 2.29 bits per heavy atom. The molecule has 1 aliphatic rings. The molecule has 2 nitrogen and oxygen atoms in total. The minimum atomic E-state index is -0.912. The zero-order chi connectivity index (χ0) is 10.7. The van der Waals surface area contributed by atoms with Crippen molar-refractivity contribution in [3.05, 3.63) is 0 Å². The summed E-state index contributed by atoms with van der Waals surface area (Å²) in [6.07, 6.45) is 1.18. The second kappa shape index (κ2) is 4.77. The molecule has 0 radical (unpaired) electrons. The molecule has 0 aromatic rings. The minimum absolute atomic E-state index is 0.361. The van der Waals surface area contributed by atoms with Gasteiger partial charge in [-0.1, -0.05) is 26.6 Å². The van der Waals surface area contributed by atoms with Gasteiger partial charge in [0, 0.05) is 20.1 Å². The lowest BCUT2D eigenvalue weighted by atomic mass is 9.84. The number of ether oxygens (including phenoxy) is 2. The van der Waals surface area contributed by atoms with E-state index >= 15 is 0 Å². The van der Waals surface area contributed by atoms with Crippen molar-refractivity contribution in [2.75, 3.05) is 26.4 Å². The Bertz CT molecular complexity index is 165. The smallest absolute Gasteiger partial charge is 0.0566 e. The third-order valence-electron chi connectivity index (χ3n) is 2.97. The van der Waals surface area contributed by atoms with Crippen LogP contribution in [-0.2, 0) is 9.47 Å². The average molecular weight is 216 g/mol.